The van der Waals surface area contributed by atoms with Crippen LogP contribution in [0.1, 0.15) is 30.3 Å². The van der Waals surface area contributed by atoms with Crippen molar-refractivity contribution in [2.45, 2.75) is 25.8 Å². The minimum absolute atomic E-state index is 0.0896. The van der Waals surface area contributed by atoms with E-state index in [0.717, 1.165) is 24.9 Å². The van der Waals surface area contributed by atoms with Gasteiger partial charge in [0.05, 0.1) is 0 Å². The van der Waals surface area contributed by atoms with Gasteiger partial charge in [0.15, 0.2) is 11.5 Å². The smallest absolute Gasteiger partial charge is 0.276 e. The number of nitrogens with zero attached hydrogens (tertiary/aromatic N) is 2. The molecule has 5 heteroatoms. The van der Waals surface area contributed by atoms with Crippen LogP contribution in [0.3, 0.4) is 0 Å². The quantitative estimate of drug-likeness (QED) is 0.945. The van der Waals surface area contributed by atoms with E-state index in [1.807, 2.05) is 35.2 Å². The van der Waals surface area contributed by atoms with E-state index in [4.69, 9.17) is 10.3 Å². The van der Waals surface area contributed by atoms with E-state index in [9.17, 15) is 4.79 Å². The third-order valence-electron chi connectivity index (χ3n) is 4.30. The number of rotatable bonds is 3. The molecule has 1 aromatic heterocycles. The molecule has 2 N–H and O–H groups in total. The number of aromatic nitrogens is 1. The summed E-state index contributed by atoms with van der Waals surface area (Å²) in [5.74, 6) is 1.13. The Balaban J connectivity index is 1.79. The number of hydrogen-bond acceptors (Lipinski definition) is 4. The number of benzene rings is 1. The van der Waals surface area contributed by atoms with Crippen LogP contribution in [0.4, 0.5) is 0 Å². The second kappa shape index (κ2) is 6.32. The predicted molar refractivity (Wildman–Crippen MR) is 84.2 cm³/mol. The number of carbonyl (C=O) groups is 1. The molecule has 0 aliphatic carbocycles. The average molecular weight is 299 g/mol. The molecule has 5 nitrogen and oxygen atoms in total. The van der Waals surface area contributed by atoms with Gasteiger partial charge in [-0.25, -0.2) is 0 Å². The number of piperidine rings is 1. The highest BCUT2D eigenvalue weighted by Crippen LogP contribution is 2.25. The van der Waals surface area contributed by atoms with Crippen LogP contribution in [0.2, 0.25) is 0 Å². The van der Waals surface area contributed by atoms with Gasteiger partial charge < -0.3 is 15.2 Å². The van der Waals surface area contributed by atoms with Gasteiger partial charge >= 0.3 is 0 Å². The second-order valence-corrected chi connectivity index (χ2v) is 5.96. The van der Waals surface area contributed by atoms with Crippen molar-refractivity contribution in [1.82, 2.24) is 10.1 Å². The van der Waals surface area contributed by atoms with Gasteiger partial charge in [-0.3, -0.25) is 4.79 Å². The maximum Gasteiger partial charge on any atom is 0.276 e. The molecule has 22 heavy (non-hydrogen) atoms. The Morgan fingerprint density at radius 2 is 2.18 bits per heavy atom. The number of hydrogen-bond donors (Lipinski definition) is 1. The summed E-state index contributed by atoms with van der Waals surface area (Å²) in [7, 11) is 0. The van der Waals surface area contributed by atoms with E-state index in [2.05, 4.69) is 12.1 Å². The lowest BCUT2D eigenvalue weighted by atomic mass is 9.92. The zero-order valence-corrected chi connectivity index (χ0v) is 12.7. The van der Waals surface area contributed by atoms with Crippen molar-refractivity contribution < 1.29 is 9.32 Å². The fraction of sp³-hybridized carbons (Fsp3) is 0.412. The van der Waals surface area contributed by atoms with Gasteiger partial charge in [0.1, 0.15) is 0 Å². The Kier molecular flexibility index (Phi) is 4.24. The minimum atomic E-state index is -0.0896. The summed E-state index contributed by atoms with van der Waals surface area (Å²) in [5, 5.41) is 3.95. The van der Waals surface area contributed by atoms with E-state index in [0.29, 0.717) is 23.9 Å². The van der Waals surface area contributed by atoms with Crippen LogP contribution in [-0.2, 0) is 0 Å². The number of amides is 1. The Labute approximate surface area is 130 Å². The van der Waals surface area contributed by atoms with Crippen LogP contribution >= 0.6 is 0 Å². The van der Waals surface area contributed by atoms with Gasteiger partial charge in [-0.2, -0.15) is 0 Å². The number of carbonyl (C=O) groups excluding carboxylic acids is 1. The zero-order valence-electron chi connectivity index (χ0n) is 12.7. The third kappa shape index (κ3) is 2.90. The van der Waals surface area contributed by atoms with Crippen molar-refractivity contribution in [2.75, 3.05) is 13.1 Å². The van der Waals surface area contributed by atoms with Crippen molar-refractivity contribution in [2.24, 2.45) is 11.7 Å². The van der Waals surface area contributed by atoms with Gasteiger partial charge in [-0.15, -0.1) is 0 Å². The number of likely N-dealkylation sites (tertiary alicyclic amines) is 1. The first-order valence-electron chi connectivity index (χ1n) is 7.72. The average Bonchev–Trinajstić information content (AvgIpc) is 3.05. The molecule has 2 unspecified atom stereocenters. The summed E-state index contributed by atoms with van der Waals surface area (Å²) in [4.78, 5) is 14.5. The monoisotopic (exact) mass is 299 g/mol. The summed E-state index contributed by atoms with van der Waals surface area (Å²) in [6.07, 6.45) is 1.96. The van der Waals surface area contributed by atoms with Crippen molar-refractivity contribution in [3.63, 3.8) is 0 Å². The van der Waals surface area contributed by atoms with E-state index < -0.39 is 0 Å². The van der Waals surface area contributed by atoms with Gasteiger partial charge in [0.2, 0.25) is 0 Å². The molecule has 1 aliphatic rings. The van der Waals surface area contributed by atoms with Gasteiger partial charge in [0, 0.05) is 30.8 Å². The summed E-state index contributed by atoms with van der Waals surface area (Å²) in [5.41, 5.74) is 7.10. The predicted octanol–water partition coefficient (Wildman–Crippen LogP) is 2.54. The molecule has 2 aromatic rings. The van der Waals surface area contributed by atoms with Crippen LogP contribution in [0.15, 0.2) is 40.9 Å². The molecule has 2 heterocycles. The van der Waals surface area contributed by atoms with Crippen LogP contribution in [-0.4, -0.2) is 35.1 Å². The van der Waals surface area contributed by atoms with E-state index in [1.54, 1.807) is 6.07 Å². The lowest BCUT2D eigenvalue weighted by molar-refractivity contribution is 0.0563. The van der Waals surface area contributed by atoms with E-state index in [-0.39, 0.29) is 11.9 Å². The largest absolute Gasteiger partial charge is 0.355 e. The maximum absolute atomic E-state index is 12.7. The normalized spacial score (nSPS) is 21.8. The van der Waals surface area contributed by atoms with E-state index in [1.165, 1.54) is 0 Å². The summed E-state index contributed by atoms with van der Waals surface area (Å²) in [6.45, 7) is 3.42. The Bertz CT molecular complexity index is 638. The summed E-state index contributed by atoms with van der Waals surface area (Å²) in [6, 6.07) is 11.5. The molecule has 1 aromatic carbocycles. The van der Waals surface area contributed by atoms with Gasteiger partial charge in [0.25, 0.3) is 5.91 Å². The lowest BCUT2D eigenvalue weighted by Crippen LogP contribution is -2.49. The van der Waals surface area contributed by atoms with Crippen LogP contribution in [0, 0.1) is 5.92 Å². The fourth-order valence-electron chi connectivity index (χ4n) is 3.00. The van der Waals surface area contributed by atoms with Crippen molar-refractivity contribution in [3.8, 4) is 11.3 Å². The number of nitrogens with two attached hydrogens (primary N) is 1. The first kappa shape index (κ1) is 14.8. The molecule has 3 rings (SSSR count). The Hall–Kier alpha value is -2.14. The molecule has 1 aliphatic heterocycles. The van der Waals surface area contributed by atoms with Gasteiger partial charge in [-0.05, 0) is 18.8 Å². The van der Waals surface area contributed by atoms with Crippen LogP contribution in [0.5, 0.6) is 0 Å². The van der Waals surface area contributed by atoms with Crippen molar-refractivity contribution in [3.05, 3.63) is 42.1 Å². The van der Waals surface area contributed by atoms with Crippen LogP contribution in [0.25, 0.3) is 11.3 Å². The van der Waals surface area contributed by atoms with Gasteiger partial charge in [-0.1, -0.05) is 42.4 Å². The molecule has 0 spiro atoms. The summed E-state index contributed by atoms with van der Waals surface area (Å²) >= 11 is 0. The topological polar surface area (TPSA) is 72.4 Å². The second-order valence-electron chi connectivity index (χ2n) is 5.96. The SMILES string of the molecule is CC1CCN(C(=O)c2cc(-c3ccccc3)on2)C(CN)C1. The molecule has 2 atom stereocenters. The van der Waals surface area contributed by atoms with Crippen molar-refractivity contribution >= 4 is 5.91 Å². The fourth-order valence-corrected chi connectivity index (χ4v) is 3.00. The molecule has 0 bridgehead atoms. The molecule has 1 saturated heterocycles. The van der Waals surface area contributed by atoms with Crippen molar-refractivity contribution in [1.29, 1.82) is 0 Å². The standard InChI is InChI=1S/C17H21N3O2/c1-12-7-8-20(14(9-12)11-18)17(21)15-10-16(22-19-15)13-5-3-2-4-6-13/h2-6,10,12,14H,7-9,11,18H2,1H3. The molecule has 1 fully saturated rings. The highest BCUT2D eigenvalue weighted by Gasteiger charge is 2.31. The highest BCUT2D eigenvalue weighted by molar-refractivity contribution is 5.93. The van der Waals surface area contributed by atoms with Crippen LogP contribution < -0.4 is 5.73 Å². The zero-order chi connectivity index (χ0) is 15.5. The Morgan fingerprint density at radius 1 is 1.41 bits per heavy atom. The first-order chi connectivity index (χ1) is 10.7. The first-order valence-corrected chi connectivity index (χ1v) is 7.72. The highest BCUT2D eigenvalue weighted by atomic mass is 16.5. The molecular formula is C17H21N3O2. The molecule has 1 amide bonds. The minimum Gasteiger partial charge on any atom is -0.355 e. The molecule has 0 radical (unpaired) electrons. The molecule has 0 saturated carbocycles. The van der Waals surface area contributed by atoms with E-state index >= 15 is 0 Å². The Morgan fingerprint density at radius 3 is 2.91 bits per heavy atom. The lowest BCUT2D eigenvalue weighted by Gasteiger charge is -2.37. The maximum atomic E-state index is 12.7. The summed E-state index contributed by atoms with van der Waals surface area (Å²) < 4.78 is 5.32. The molecular weight excluding hydrogens is 278 g/mol. The molecule has 116 valence electrons. The third-order valence-corrected chi connectivity index (χ3v) is 4.30.